The Bertz CT molecular complexity index is 2970. The number of amides is 7. The third-order valence-electron chi connectivity index (χ3n) is 18.0. The molecule has 0 saturated carbocycles. The highest BCUT2D eigenvalue weighted by atomic mass is 16.5. The molecule has 3 aromatic rings. The van der Waals surface area contributed by atoms with E-state index in [4.69, 9.17) is 4.74 Å². The molecule has 33 heteroatoms. The minimum atomic E-state index is -2.00. The first-order valence-electron chi connectivity index (χ1n) is 34.2. The monoisotopic (exact) mass is 1400 g/mol. The Kier molecular flexibility index (Phi) is 35.8. The Morgan fingerprint density at radius 2 is 1.15 bits per heavy atom. The molecule has 0 unspecified atom stereocenters. The molecular weight excluding hydrogens is 1290 g/mol. The van der Waals surface area contributed by atoms with E-state index < -0.39 is 142 Å². The second-order valence-electron chi connectivity index (χ2n) is 25.2. The molecule has 99 heavy (non-hydrogen) atoms. The second-order valence-corrected chi connectivity index (χ2v) is 25.2. The Morgan fingerprint density at radius 3 is 1.68 bits per heavy atom. The van der Waals surface area contributed by atoms with Gasteiger partial charge in [0.2, 0.25) is 35.4 Å². The van der Waals surface area contributed by atoms with Crippen molar-refractivity contribution in [3.05, 3.63) is 59.4 Å². The molecule has 1 fully saturated rings. The van der Waals surface area contributed by atoms with Gasteiger partial charge < -0.3 is 117 Å². The van der Waals surface area contributed by atoms with E-state index in [0.717, 1.165) is 56.8 Å². The largest absolute Gasteiger partial charge is 0.469 e. The minimum absolute atomic E-state index is 0.0563. The summed E-state index contributed by atoms with van der Waals surface area (Å²) in [5.74, 6) is -4.51. The number of unbranched alkanes of at least 4 members (excludes halogenated alkanes) is 3. The van der Waals surface area contributed by atoms with Gasteiger partial charge in [0.25, 0.3) is 5.91 Å². The lowest BCUT2D eigenvalue weighted by molar-refractivity contribution is -0.144. The van der Waals surface area contributed by atoms with E-state index in [0.29, 0.717) is 74.5 Å². The number of para-hydroxylation sites is 2. The normalized spacial score (nSPS) is 18.6. The van der Waals surface area contributed by atoms with Gasteiger partial charge in [-0.15, -0.1) is 0 Å². The molecule has 2 aliphatic rings. The van der Waals surface area contributed by atoms with E-state index in [9.17, 15) is 89.4 Å². The number of hydrogen-bond donors (Lipinski definition) is 17. The van der Waals surface area contributed by atoms with Gasteiger partial charge in [0.15, 0.2) is 0 Å². The van der Waals surface area contributed by atoms with Crippen LogP contribution in [0.5, 0.6) is 0 Å². The average molecular weight is 1400 g/mol. The summed E-state index contributed by atoms with van der Waals surface area (Å²) in [6, 6.07) is 8.62. The molecule has 2 aromatic carbocycles. The van der Waals surface area contributed by atoms with Crippen molar-refractivity contribution in [2.75, 3.05) is 137 Å². The number of nitrogens with zero attached hydrogens (tertiary/aromatic N) is 7. The number of fused-ring (bicyclic) bond motifs is 2. The number of carbonyl (C=O) groups excluding carboxylic acids is 8. The molecule has 2 aliphatic heterocycles. The number of carbonyl (C=O) groups is 8. The van der Waals surface area contributed by atoms with E-state index in [1.807, 2.05) is 29.2 Å². The molecule has 1 aromatic heterocycles. The van der Waals surface area contributed by atoms with Gasteiger partial charge >= 0.3 is 5.97 Å². The van der Waals surface area contributed by atoms with Gasteiger partial charge in [0.1, 0.15) is 60.6 Å². The van der Waals surface area contributed by atoms with Crippen LogP contribution >= 0.6 is 0 Å². The number of aliphatic hydroxyl groups is 10. The first-order valence-corrected chi connectivity index (χ1v) is 34.2. The van der Waals surface area contributed by atoms with Gasteiger partial charge in [-0.2, -0.15) is 0 Å². The van der Waals surface area contributed by atoms with Crippen LogP contribution in [0, 0.1) is 0 Å². The van der Waals surface area contributed by atoms with Crippen LogP contribution in [0.15, 0.2) is 42.5 Å². The number of anilines is 1. The smallest absolute Gasteiger partial charge is 0.308 e. The standard InChI is InChI=1S/C66H108N14O19/c1-6-76-25-27-77(7-2)29-31-79(32-30-78(8-3)28-26-76)39-57(89)73-48(20-22-56(88)69-36-51(84)60(92)62(94)53(86)41-82)64(96)74-47(19-21-55(87)68-35-50(83)59(91)61(93)52(85)40-81)63(95)67-23-13-9-10-14-24-80-37-43-33-42(17-18-44(43)70-49(66(80)98)34-58(90)99-5)65(97)75(4)38-54-71-45-15-11-12-16-46(45)72-54/h11-12,15-18,33,47-53,59-62,70,81-86,91-94H,6-10,13-14,19-32,34-41H2,1-5H3,(H,67,95)(H,68,87)(H,69,88)(H,71,72)(H,73,89)(H,74,96)/t47-,48-,49-,50+,51-,52-,53+,59-,60+,61-,62+/m0/s1. The van der Waals surface area contributed by atoms with Crippen molar-refractivity contribution >= 4 is 64.0 Å². The van der Waals surface area contributed by atoms with Crippen LogP contribution in [0.3, 0.4) is 0 Å². The summed E-state index contributed by atoms with van der Waals surface area (Å²) in [6.45, 7) is 11.6. The summed E-state index contributed by atoms with van der Waals surface area (Å²) >= 11 is 0. The third-order valence-corrected chi connectivity index (χ3v) is 18.0. The minimum Gasteiger partial charge on any atom is -0.469 e. The molecule has 7 amide bonds. The molecule has 556 valence electrons. The molecule has 11 atom stereocenters. The van der Waals surface area contributed by atoms with Crippen molar-refractivity contribution in [3.8, 4) is 0 Å². The Labute approximate surface area is 577 Å². The number of aromatic amines is 1. The number of aromatic nitrogens is 2. The van der Waals surface area contributed by atoms with Gasteiger partial charge in [-0.3, -0.25) is 43.3 Å². The summed E-state index contributed by atoms with van der Waals surface area (Å²) < 4.78 is 4.92. The number of likely N-dealkylation sites (N-methyl/N-ethyl adjacent to an activating group) is 3. The maximum absolute atomic E-state index is 14.6. The maximum atomic E-state index is 14.6. The van der Waals surface area contributed by atoms with Gasteiger partial charge in [-0.1, -0.05) is 45.7 Å². The van der Waals surface area contributed by atoms with Crippen molar-refractivity contribution in [1.82, 2.24) is 66.0 Å². The quantitative estimate of drug-likeness (QED) is 0.0188. The van der Waals surface area contributed by atoms with Gasteiger partial charge in [0, 0.05) is 116 Å². The van der Waals surface area contributed by atoms with Crippen molar-refractivity contribution in [2.24, 2.45) is 0 Å². The third kappa shape index (κ3) is 27.1. The molecule has 0 aliphatic carbocycles. The number of imidazole rings is 1. The highest BCUT2D eigenvalue weighted by Crippen LogP contribution is 2.27. The van der Waals surface area contributed by atoms with Gasteiger partial charge in [-0.05, 0) is 81.2 Å². The fourth-order valence-electron chi connectivity index (χ4n) is 11.5. The fourth-order valence-corrected chi connectivity index (χ4v) is 11.5. The van der Waals surface area contributed by atoms with E-state index in [1.54, 1.807) is 30.1 Å². The predicted molar refractivity (Wildman–Crippen MR) is 363 cm³/mol. The van der Waals surface area contributed by atoms with E-state index in [2.05, 4.69) is 77.3 Å². The number of methoxy groups -OCH3 is 1. The molecule has 3 heterocycles. The van der Waals surface area contributed by atoms with Crippen LogP contribution in [0.25, 0.3) is 11.0 Å². The van der Waals surface area contributed by atoms with Crippen LogP contribution in [-0.2, 0) is 51.4 Å². The molecule has 0 bridgehead atoms. The summed E-state index contributed by atoms with van der Waals surface area (Å²) in [5.41, 5.74) is 3.18. The van der Waals surface area contributed by atoms with Crippen LogP contribution in [0.2, 0.25) is 0 Å². The SMILES string of the molecule is CCN1CCN(CC)CCN(CC(=O)N[C@@H](CCC(=O)NC[C@H](O)[C@@H](O)[C@H](O)[C@H](O)CO)C(=O)N[C@@H](CCC(=O)NC[C@@H](O)[C@H](O)[C@@H](O)[C@@H](O)CO)C(=O)NCCCCCCN2Cc3cc(C(=O)N(C)Cc4nc5ccccc5[nH]4)ccc3N[C@@H](CC(=O)OC)C2=O)CCN(CC)CC1. The molecule has 0 radical (unpaired) electrons. The molecule has 1 saturated heterocycles. The molecule has 5 rings (SSSR count). The summed E-state index contributed by atoms with van der Waals surface area (Å²) in [6.07, 6.45) is -15.2. The lowest BCUT2D eigenvalue weighted by atomic mass is 10.0. The van der Waals surface area contributed by atoms with Crippen molar-refractivity contribution in [2.45, 2.75) is 159 Å². The van der Waals surface area contributed by atoms with Gasteiger partial charge in [0.05, 0.1) is 63.1 Å². The first kappa shape index (κ1) is 82.6. The molecule has 33 nitrogen and oxygen atoms in total. The van der Waals surface area contributed by atoms with Crippen molar-refractivity contribution in [3.63, 3.8) is 0 Å². The number of nitrogens with one attached hydrogen (secondary N) is 7. The Morgan fingerprint density at radius 1 is 0.636 bits per heavy atom. The number of ether oxygens (including phenoxy) is 1. The van der Waals surface area contributed by atoms with Crippen LogP contribution in [0.4, 0.5) is 5.69 Å². The molecule has 0 spiro atoms. The van der Waals surface area contributed by atoms with Crippen LogP contribution in [0.1, 0.15) is 100 Å². The highest BCUT2D eigenvalue weighted by Gasteiger charge is 2.35. The number of aliphatic hydroxyl groups excluding tert-OH is 10. The first-order chi connectivity index (χ1) is 47.3. The number of hydrogen-bond acceptors (Lipinski definition) is 25. The topological polar surface area (TPSA) is 468 Å². The fraction of sp³-hybridized carbons (Fsp3) is 0.682. The Balaban J connectivity index is 1.29. The van der Waals surface area contributed by atoms with Crippen LogP contribution in [-0.4, -0.2) is 337 Å². The summed E-state index contributed by atoms with van der Waals surface area (Å²) in [5, 5.41) is 116. The van der Waals surface area contributed by atoms with E-state index in [1.165, 1.54) is 12.0 Å². The lowest BCUT2D eigenvalue weighted by Crippen LogP contribution is -2.55. The summed E-state index contributed by atoms with van der Waals surface area (Å²) in [7, 11) is 2.89. The molecular formula is C66H108N14O19. The lowest BCUT2D eigenvalue weighted by Gasteiger charge is -2.33. The average Bonchev–Trinajstić information content (AvgIpc) is 1.69. The Hall–Kier alpha value is -7.09. The second kappa shape index (κ2) is 42.9. The highest BCUT2D eigenvalue weighted by molar-refractivity contribution is 5.96. The van der Waals surface area contributed by atoms with Crippen LogP contribution < -0.4 is 31.9 Å². The van der Waals surface area contributed by atoms with E-state index >= 15 is 0 Å². The predicted octanol–water partition coefficient (Wildman–Crippen LogP) is -4.89. The number of benzene rings is 2. The van der Waals surface area contributed by atoms with Crippen molar-refractivity contribution in [1.29, 1.82) is 0 Å². The zero-order valence-electron chi connectivity index (χ0n) is 57.7. The number of esters is 1. The molecule has 17 N–H and O–H groups in total. The number of H-pyrrole nitrogens is 1. The zero-order chi connectivity index (χ0) is 72.7. The number of rotatable bonds is 39. The maximum Gasteiger partial charge on any atom is 0.308 e. The zero-order valence-corrected chi connectivity index (χ0v) is 57.7. The van der Waals surface area contributed by atoms with Crippen molar-refractivity contribution < 1.29 is 94.2 Å². The van der Waals surface area contributed by atoms with Gasteiger partial charge in [-0.25, -0.2) is 4.98 Å². The van der Waals surface area contributed by atoms with E-state index in [-0.39, 0.29) is 63.8 Å². The summed E-state index contributed by atoms with van der Waals surface area (Å²) in [4.78, 5) is 130.